The van der Waals surface area contributed by atoms with Crippen molar-refractivity contribution in [2.24, 2.45) is 0 Å². The van der Waals surface area contributed by atoms with Gasteiger partial charge in [0.15, 0.2) is 6.29 Å². The highest BCUT2D eigenvalue weighted by Gasteiger charge is 1.98. The van der Waals surface area contributed by atoms with Crippen molar-refractivity contribution in [1.82, 2.24) is 4.98 Å². The molecule has 0 unspecified atom stereocenters. The smallest absolute Gasteiger partial charge is 0.168 e. The summed E-state index contributed by atoms with van der Waals surface area (Å²) >= 11 is 0. The van der Waals surface area contributed by atoms with Crippen LogP contribution in [-0.4, -0.2) is 11.3 Å². The number of pyridine rings is 1. The van der Waals surface area contributed by atoms with Gasteiger partial charge in [0.1, 0.15) is 23.0 Å². The molecule has 2 aromatic rings. The third kappa shape index (κ3) is 2.42. The average molecular weight is 217 g/mol. The third-order valence-corrected chi connectivity index (χ3v) is 1.93. The average Bonchev–Trinajstić information content (AvgIpc) is 2.33. The van der Waals surface area contributed by atoms with Gasteiger partial charge in [-0.15, -0.1) is 0 Å². The Bertz CT molecular complexity index is 479. The minimum Gasteiger partial charge on any atom is -0.456 e. The Morgan fingerprint density at radius 3 is 2.31 bits per heavy atom. The highest BCUT2D eigenvalue weighted by molar-refractivity contribution is 5.71. The minimum atomic E-state index is -0.318. The van der Waals surface area contributed by atoms with Crippen LogP contribution >= 0.6 is 0 Å². The number of aromatic nitrogens is 1. The molecule has 0 atom stereocenters. The molecule has 0 spiro atoms. The maximum Gasteiger partial charge on any atom is 0.168 e. The van der Waals surface area contributed by atoms with E-state index in [0.717, 1.165) is 0 Å². The van der Waals surface area contributed by atoms with Crippen LogP contribution in [0.4, 0.5) is 4.39 Å². The molecule has 0 amide bonds. The summed E-state index contributed by atoms with van der Waals surface area (Å²) < 4.78 is 18.0. The van der Waals surface area contributed by atoms with E-state index >= 15 is 0 Å². The van der Waals surface area contributed by atoms with Crippen molar-refractivity contribution in [3.8, 4) is 11.5 Å². The summed E-state index contributed by atoms with van der Waals surface area (Å²) in [6, 6.07) is 8.82. The summed E-state index contributed by atoms with van der Waals surface area (Å²) in [5, 5.41) is 0. The van der Waals surface area contributed by atoms with Gasteiger partial charge in [-0.2, -0.15) is 0 Å². The van der Waals surface area contributed by atoms with Crippen LogP contribution in [0.3, 0.4) is 0 Å². The molecule has 0 radical (unpaired) electrons. The quantitative estimate of drug-likeness (QED) is 0.742. The fourth-order valence-corrected chi connectivity index (χ4v) is 1.16. The highest BCUT2D eigenvalue weighted by Crippen LogP contribution is 2.20. The van der Waals surface area contributed by atoms with Crippen LogP contribution in [-0.2, 0) is 0 Å². The van der Waals surface area contributed by atoms with E-state index in [1.807, 2.05) is 0 Å². The van der Waals surface area contributed by atoms with Crippen LogP contribution in [0.15, 0.2) is 42.6 Å². The van der Waals surface area contributed by atoms with E-state index in [-0.39, 0.29) is 5.82 Å². The number of halogens is 1. The highest BCUT2D eigenvalue weighted by atomic mass is 19.1. The number of rotatable bonds is 3. The molecule has 1 aromatic heterocycles. The monoisotopic (exact) mass is 217 g/mol. The van der Waals surface area contributed by atoms with Gasteiger partial charge in [0.05, 0.1) is 6.20 Å². The summed E-state index contributed by atoms with van der Waals surface area (Å²) in [6.07, 6.45) is 2.09. The fourth-order valence-electron chi connectivity index (χ4n) is 1.16. The van der Waals surface area contributed by atoms with Gasteiger partial charge in [0.2, 0.25) is 0 Å². The first-order valence-corrected chi connectivity index (χ1v) is 4.62. The van der Waals surface area contributed by atoms with Crippen molar-refractivity contribution in [1.29, 1.82) is 0 Å². The van der Waals surface area contributed by atoms with Gasteiger partial charge in [-0.1, -0.05) is 0 Å². The predicted molar refractivity (Wildman–Crippen MR) is 56.1 cm³/mol. The maximum absolute atomic E-state index is 12.6. The number of hydrogen-bond acceptors (Lipinski definition) is 3. The number of hydrogen-bond donors (Lipinski definition) is 0. The Morgan fingerprint density at radius 1 is 1.06 bits per heavy atom. The number of nitrogens with zero attached hydrogens (tertiary/aromatic N) is 1. The van der Waals surface area contributed by atoms with Crippen molar-refractivity contribution in [3.63, 3.8) is 0 Å². The molecule has 0 fully saturated rings. The standard InChI is InChI=1S/C12H8FNO2/c13-9-1-4-11(5-2-9)16-12-6-3-10(8-15)14-7-12/h1-8H. The molecule has 0 saturated carbocycles. The van der Waals surface area contributed by atoms with Crippen molar-refractivity contribution in [2.75, 3.05) is 0 Å². The Morgan fingerprint density at radius 2 is 1.75 bits per heavy atom. The van der Waals surface area contributed by atoms with Crippen molar-refractivity contribution < 1.29 is 13.9 Å². The first-order valence-electron chi connectivity index (χ1n) is 4.62. The van der Waals surface area contributed by atoms with Gasteiger partial charge >= 0.3 is 0 Å². The molecule has 2 rings (SSSR count). The van der Waals surface area contributed by atoms with Crippen LogP contribution < -0.4 is 4.74 Å². The van der Waals surface area contributed by atoms with Gasteiger partial charge in [-0.3, -0.25) is 4.79 Å². The predicted octanol–water partition coefficient (Wildman–Crippen LogP) is 2.83. The lowest BCUT2D eigenvalue weighted by molar-refractivity contribution is 0.111. The maximum atomic E-state index is 12.6. The van der Waals surface area contributed by atoms with Gasteiger partial charge in [0, 0.05) is 0 Å². The van der Waals surface area contributed by atoms with Crippen molar-refractivity contribution >= 4 is 6.29 Å². The van der Waals surface area contributed by atoms with E-state index in [1.165, 1.54) is 30.5 Å². The lowest BCUT2D eigenvalue weighted by Gasteiger charge is -2.04. The molecule has 0 bridgehead atoms. The fraction of sp³-hybridized carbons (Fsp3) is 0. The van der Waals surface area contributed by atoms with Gasteiger partial charge in [0.25, 0.3) is 0 Å². The Labute approximate surface area is 91.5 Å². The Kier molecular flexibility index (Phi) is 2.91. The lowest BCUT2D eigenvalue weighted by Crippen LogP contribution is -1.88. The van der Waals surface area contributed by atoms with E-state index in [9.17, 15) is 9.18 Å². The van der Waals surface area contributed by atoms with Crippen molar-refractivity contribution in [2.45, 2.75) is 0 Å². The van der Waals surface area contributed by atoms with E-state index in [2.05, 4.69) is 4.98 Å². The SMILES string of the molecule is O=Cc1ccc(Oc2ccc(F)cc2)cn1. The Balaban J connectivity index is 2.14. The van der Waals surface area contributed by atoms with E-state index < -0.39 is 0 Å². The largest absolute Gasteiger partial charge is 0.456 e. The molecule has 0 aliphatic rings. The molecule has 0 aliphatic carbocycles. The first kappa shape index (κ1) is 10.3. The first-order chi connectivity index (χ1) is 7.78. The van der Waals surface area contributed by atoms with Gasteiger partial charge in [-0.05, 0) is 36.4 Å². The zero-order valence-electron chi connectivity index (χ0n) is 8.26. The molecule has 16 heavy (non-hydrogen) atoms. The second-order valence-corrected chi connectivity index (χ2v) is 3.09. The number of benzene rings is 1. The number of ether oxygens (including phenoxy) is 1. The summed E-state index contributed by atoms with van der Waals surface area (Å²) in [5.41, 5.74) is 0.339. The third-order valence-electron chi connectivity index (χ3n) is 1.93. The van der Waals surface area contributed by atoms with Gasteiger partial charge < -0.3 is 4.74 Å². The van der Waals surface area contributed by atoms with Crippen LogP contribution in [0, 0.1) is 5.82 Å². The molecular formula is C12H8FNO2. The number of aldehydes is 1. The van der Waals surface area contributed by atoms with Crippen LogP contribution in [0.2, 0.25) is 0 Å². The van der Waals surface area contributed by atoms with E-state index in [1.54, 1.807) is 12.1 Å². The molecule has 80 valence electrons. The summed E-state index contributed by atoms with van der Waals surface area (Å²) in [7, 11) is 0. The minimum absolute atomic E-state index is 0.318. The molecule has 1 aromatic carbocycles. The zero-order valence-corrected chi connectivity index (χ0v) is 8.26. The number of carbonyl (C=O) groups excluding carboxylic acids is 1. The van der Waals surface area contributed by atoms with Gasteiger partial charge in [-0.25, -0.2) is 9.37 Å². The van der Waals surface area contributed by atoms with Crippen molar-refractivity contribution in [3.05, 3.63) is 54.1 Å². The zero-order chi connectivity index (χ0) is 11.4. The van der Waals surface area contributed by atoms with Crippen LogP contribution in [0.5, 0.6) is 11.5 Å². The van der Waals surface area contributed by atoms with Crippen LogP contribution in [0.1, 0.15) is 10.5 Å². The molecule has 0 aliphatic heterocycles. The molecule has 1 heterocycles. The normalized spacial score (nSPS) is 9.81. The topological polar surface area (TPSA) is 39.2 Å². The Hall–Kier alpha value is -2.23. The molecule has 4 heteroatoms. The lowest BCUT2D eigenvalue weighted by atomic mass is 10.3. The molecule has 3 nitrogen and oxygen atoms in total. The number of carbonyl (C=O) groups is 1. The molecule has 0 N–H and O–H groups in total. The van der Waals surface area contributed by atoms with E-state index in [4.69, 9.17) is 4.74 Å². The molecular weight excluding hydrogens is 209 g/mol. The summed E-state index contributed by atoms with van der Waals surface area (Å²) in [6.45, 7) is 0. The summed E-state index contributed by atoms with van der Waals surface area (Å²) in [4.78, 5) is 14.2. The second kappa shape index (κ2) is 4.53. The van der Waals surface area contributed by atoms with Crippen LogP contribution in [0.25, 0.3) is 0 Å². The second-order valence-electron chi connectivity index (χ2n) is 3.09. The molecule has 0 saturated heterocycles. The van der Waals surface area contributed by atoms with E-state index in [0.29, 0.717) is 23.5 Å². The summed E-state index contributed by atoms with van der Waals surface area (Å²) in [5.74, 6) is 0.695.